The smallest absolute Gasteiger partial charge is 0.240 e. The summed E-state index contributed by atoms with van der Waals surface area (Å²) in [7, 11) is -6.97. The van der Waals surface area contributed by atoms with Gasteiger partial charge in [-0.3, -0.25) is 4.90 Å². The first-order valence-corrected chi connectivity index (χ1v) is 10.9. The lowest BCUT2D eigenvalue weighted by Crippen LogP contribution is -2.41. The van der Waals surface area contributed by atoms with Crippen LogP contribution < -0.4 is 4.72 Å². The second kappa shape index (κ2) is 8.23. The number of sulfonamides is 1. The van der Waals surface area contributed by atoms with E-state index in [1.165, 1.54) is 24.3 Å². The van der Waals surface area contributed by atoms with Crippen molar-refractivity contribution in [2.75, 3.05) is 25.4 Å². The van der Waals surface area contributed by atoms with Gasteiger partial charge < -0.3 is 0 Å². The van der Waals surface area contributed by atoms with Gasteiger partial charge in [0.2, 0.25) is 10.0 Å². The van der Waals surface area contributed by atoms with Gasteiger partial charge in [0.1, 0.15) is 0 Å². The van der Waals surface area contributed by atoms with E-state index in [1.807, 2.05) is 20.8 Å². The second-order valence-corrected chi connectivity index (χ2v) is 9.34. The lowest BCUT2D eigenvalue weighted by atomic mass is 10.3. The van der Waals surface area contributed by atoms with Gasteiger partial charge in [-0.05, 0) is 44.3 Å². The summed E-state index contributed by atoms with van der Waals surface area (Å²) in [5, 5.41) is 0. The quantitative estimate of drug-likeness (QED) is 0.719. The van der Waals surface area contributed by atoms with Crippen molar-refractivity contribution < 1.29 is 16.8 Å². The molecule has 0 saturated carbocycles. The number of hydrogen-bond acceptors (Lipinski definition) is 5. The molecule has 0 amide bonds. The van der Waals surface area contributed by atoms with E-state index < -0.39 is 19.9 Å². The molecule has 0 aliphatic rings. The minimum atomic E-state index is -3.65. The molecule has 1 atom stereocenters. The standard InChI is InChI=1S/C15H26N2O4S2/c1-5-17(6-2)13(4)12-16-23(20,21)15-10-8-14(9-11-15)22(18,19)7-3/h8-11,13,16H,5-7,12H2,1-4H3/t13-/m0/s1. The average Bonchev–Trinajstić information content (AvgIpc) is 2.54. The zero-order valence-electron chi connectivity index (χ0n) is 14.1. The van der Waals surface area contributed by atoms with E-state index in [0.717, 1.165) is 13.1 Å². The molecule has 0 heterocycles. The van der Waals surface area contributed by atoms with Gasteiger partial charge in [-0.15, -0.1) is 0 Å². The van der Waals surface area contributed by atoms with E-state index in [2.05, 4.69) is 9.62 Å². The van der Waals surface area contributed by atoms with Crippen LogP contribution in [0, 0.1) is 0 Å². The van der Waals surface area contributed by atoms with Crippen molar-refractivity contribution in [3.63, 3.8) is 0 Å². The Hall–Kier alpha value is -0.960. The molecule has 0 radical (unpaired) electrons. The van der Waals surface area contributed by atoms with Crippen LogP contribution in [0.4, 0.5) is 0 Å². The summed E-state index contributed by atoms with van der Waals surface area (Å²) >= 11 is 0. The molecule has 0 fully saturated rings. The normalized spacial score (nSPS) is 14.1. The van der Waals surface area contributed by atoms with Crippen LogP contribution in [-0.4, -0.2) is 53.2 Å². The Bertz CT molecular complexity index is 693. The van der Waals surface area contributed by atoms with E-state index >= 15 is 0 Å². The van der Waals surface area contributed by atoms with Gasteiger partial charge in [-0.2, -0.15) is 0 Å². The summed E-state index contributed by atoms with van der Waals surface area (Å²) in [4.78, 5) is 2.36. The van der Waals surface area contributed by atoms with Crippen molar-refractivity contribution in [1.82, 2.24) is 9.62 Å². The van der Waals surface area contributed by atoms with Gasteiger partial charge in [0.05, 0.1) is 15.5 Å². The molecule has 1 aromatic carbocycles. The molecule has 23 heavy (non-hydrogen) atoms. The molecule has 0 aliphatic heterocycles. The van der Waals surface area contributed by atoms with Crippen molar-refractivity contribution in [3.05, 3.63) is 24.3 Å². The fourth-order valence-corrected chi connectivity index (χ4v) is 4.29. The van der Waals surface area contributed by atoms with E-state index in [0.29, 0.717) is 6.54 Å². The van der Waals surface area contributed by atoms with Gasteiger partial charge in [0.25, 0.3) is 0 Å². The van der Waals surface area contributed by atoms with Gasteiger partial charge in [0, 0.05) is 12.6 Å². The van der Waals surface area contributed by atoms with Gasteiger partial charge in [-0.1, -0.05) is 20.8 Å². The highest BCUT2D eigenvalue weighted by atomic mass is 32.2. The summed E-state index contributed by atoms with van der Waals surface area (Å²) in [5.41, 5.74) is 0. The minimum absolute atomic E-state index is 0.0151. The van der Waals surface area contributed by atoms with Crippen LogP contribution in [0.25, 0.3) is 0 Å². The zero-order chi connectivity index (χ0) is 17.7. The van der Waals surface area contributed by atoms with Crippen molar-refractivity contribution >= 4 is 19.9 Å². The predicted molar refractivity (Wildman–Crippen MR) is 91.7 cm³/mol. The molecule has 8 heteroatoms. The van der Waals surface area contributed by atoms with Crippen LogP contribution in [0.1, 0.15) is 27.7 Å². The van der Waals surface area contributed by atoms with Gasteiger partial charge in [-0.25, -0.2) is 21.6 Å². The monoisotopic (exact) mass is 362 g/mol. The Labute approximate surface area is 139 Å². The predicted octanol–water partition coefficient (Wildman–Crippen LogP) is 1.49. The lowest BCUT2D eigenvalue weighted by Gasteiger charge is -2.26. The molecule has 1 N–H and O–H groups in total. The molecule has 1 rings (SSSR count). The number of hydrogen-bond donors (Lipinski definition) is 1. The molecular weight excluding hydrogens is 336 g/mol. The van der Waals surface area contributed by atoms with Crippen LogP contribution in [0.2, 0.25) is 0 Å². The molecular formula is C15H26N2O4S2. The molecule has 0 saturated heterocycles. The molecule has 0 aromatic heterocycles. The maximum Gasteiger partial charge on any atom is 0.240 e. The van der Waals surface area contributed by atoms with Crippen LogP contribution in [0.15, 0.2) is 34.1 Å². The van der Waals surface area contributed by atoms with Crippen LogP contribution in [-0.2, 0) is 19.9 Å². The van der Waals surface area contributed by atoms with Crippen molar-refractivity contribution in [2.24, 2.45) is 0 Å². The number of rotatable bonds is 9. The number of likely N-dealkylation sites (N-methyl/N-ethyl adjacent to an activating group) is 1. The average molecular weight is 363 g/mol. The van der Waals surface area contributed by atoms with Crippen molar-refractivity contribution in [3.8, 4) is 0 Å². The molecule has 0 bridgehead atoms. The maximum absolute atomic E-state index is 12.3. The fourth-order valence-electron chi connectivity index (χ4n) is 2.28. The van der Waals surface area contributed by atoms with Crippen LogP contribution in [0.3, 0.4) is 0 Å². The molecule has 0 aliphatic carbocycles. The number of nitrogens with one attached hydrogen (secondary N) is 1. The van der Waals surface area contributed by atoms with Crippen LogP contribution >= 0.6 is 0 Å². The van der Waals surface area contributed by atoms with Gasteiger partial charge in [0.15, 0.2) is 9.84 Å². The third-order valence-electron chi connectivity index (χ3n) is 3.88. The van der Waals surface area contributed by atoms with Crippen molar-refractivity contribution in [2.45, 2.75) is 43.5 Å². The Morgan fingerprint density at radius 3 is 1.87 bits per heavy atom. The molecule has 0 unspecified atom stereocenters. The SMILES string of the molecule is CCN(CC)[C@@H](C)CNS(=O)(=O)c1ccc(S(=O)(=O)CC)cc1. The maximum atomic E-state index is 12.3. The topological polar surface area (TPSA) is 83.6 Å². The second-order valence-electron chi connectivity index (χ2n) is 5.30. The summed E-state index contributed by atoms with van der Waals surface area (Å²) in [6.45, 7) is 9.58. The van der Waals surface area contributed by atoms with E-state index in [4.69, 9.17) is 0 Å². The minimum Gasteiger partial charge on any atom is -0.300 e. The summed E-state index contributed by atoms with van der Waals surface area (Å²) in [5.74, 6) is -0.0151. The molecule has 132 valence electrons. The first-order valence-electron chi connectivity index (χ1n) is 7.74. The Balaban J connectivity index is 2.85. The van der Waals surface area contributed by atoms with E-state index in [-0.39, 0.29) is 21.6 Å². The highest BCUT2D eigenvalue weighted by molar-refractivity contribution is 7.91. The van der Waals surface area contributed by atoms with Crippen LogP contribution in [0.5, 0.6) is 0 Å². The summed E-state index contributed by atoms with van der Waals surface area (Å²) < 4.78 is 50.6. The third kappa shape index (κ3) is 5.27. The first kappa shape index (κ1) is 20.1. The fraction of sp³-hybridized carbons (Fsp3) is 0.600. The number of nitrogens with zero attached hydrogens (tertiary/aromatic N) is 1. The lowest BCUT2D eigenvalue weighted by molar-refractivity contribution is 0.232. The summed E-state index contributed by atoms with van der Waals surface area (Å²) in [6.07, 6.45) is 0. The van der Waals surface area contributed by atoms with Crippen molar-refractivity contribution in [1.29, 1.82) is 0 Å². The molecule has 6 nitrogen and oxygen atoms in total. The number of benzene rings is 1. The van der Waals surface area contributed by atoms with E-state index in [1.54, 1.807) is 6.92 Å². The Morgan fingerprint density at radius 1 is 0.957 bits per heavy atom. The third-order valence-corrected chi connectivity index (χ3v) is 7.07. The Morgan fingerprint density at radius 2 is 1.43 bits per heavy atom. The molecule has 1 aromatic rings. The first-order chi connectivity index (χ1) is 10.7. The van der Waals surface area contributed by atoms with E-state index in [9.17, 15) is 16.8 Å². The molecule has 0 spiro atoms. The number of sulfone groups is 1. The Kier molecular flexibility index (Phi) is 7.19. The zero-order valence-corrected chi connectivity index (χ0v) is 15.7. The highest BCUT2D eigenvalue weighted by Crippen LogP contribution is 2.15. The summed E-state index contributed by atoms with van der Waals surface area (Å²) in [6, 6.07) is 5.40. The van der Waals surface area contributed by atoms with Gasteiger partial charge >= 0.3 is 0 Å². The largest absolute Gasteiger partial charge is 0.300 e. The highest BCUT2D eigenvalue weighted by Gasteiger charge is 2.19.